The van der Waals surface area contributed by atoms with Gasteiger partial charge in [-0.15, -0.1) is 0 Å². The van der Waals surface area contributed by atoms with E-state index in [-0.39, 0.29) is 17.5 Å². The highest BCUT2D eigenvalue weighted by molar-refractivity contribution is 7.89. The smallest absolute Gasteiger partial charge is 0.246 e. The Balaban J connectivity index is 1.73. The van der Waals surface area contributed by atoms with Crippen molar-refractivity contribution in [3.8, 4) is 5.88 Å². The molecule has 0 amide bonds. The van der Waals surface area contributed by atoms with Gasteiger partial charge in [0.2, 0.25) is 15.9 Å². The van der Waals surface area contributed by atoms with Gasteiger partial charge in [-0.05, 0) is 31.5 Å². The third-order valence-corrected chi connectivity index (χ3v) is 5.61. The minimum Gasteiger partial charge on any atom is -0.473 e. The molecule has 1 unspecified atom stereocenters. The van der Waals surface area contributed by atoms with E-state index in [0.717, 1.165) is 11.8 Å². The molecule has 3 rings (SSSR count). The number of nitrogens with zero attached hydrogens (tertiary/aromatic N) is 2. The van der Waals surface area contributed by atoms with Crippen molar-refractivity contribution in [1.29, 1.82) is 0 Å². The summed E-state index contributed by atoms with van der Waals surface area (Å²) in [4.78, 5) is 3.95. The third kappa shape index (κ3) is 3.35. The van der Waals surface area contributed by atoms with E-state index in [0.29, 0.717) is 18.8 Å². The molecule has 1 saturated heterocycles. The Morgan fingerprint density at radius 1 is 1.22 bits per heavy atom. The number of aromatic nitrogens is 1. The van der Waals surface area contributed by atoms with Crippen molar-refractivity contribution in [3.63, 3.8) is 0 Å². The zero-order chi connectivity index (χ0) is 16.4. The fourth-order valence-corrected chi connectivity index (χ4v) is 4.11. The highest BCUT2D eigenvalue weighted by Gasteiger charge is 2.35. The van der Waals surface area contributed by atoms with Gasteiger partial charge in [-0.1, -0.05) is 18.2 Å². The molecular weight excluding hydrogens is 319 g/mol. The summed E-state index contributed by atoms with van der Waals surface area (Å²) >= 11 is 0. The molecule has 0 N–H and O–H groups in total. The lowest BCUT2D eigenvalue weighted by Gasteiger charge is -2.17. The molecule has 7 heteroatoms. The van der Waals surface area contributed by atoms with Gasteiger partial charge in [-0.3, -0.25) is 0 Å². The summed E-state index contributed by atoms with van der Waals surface area (Å²) in [5.41, 5.74) is 0.830. The highest BCUT2D eigenvalue weighted by atomic mass is 32.2. The predicted octanol–water partition coefficient (Wildman–Crippen LogP) is 2.37. The van der Waals surface area contributed by atoms with Gasteiger partial charge in [0.15, 0.2) is 0 Å². The maximum Gasteiger partial charge on any atom is 0.246 e. The van der Waals surface area contributed by atoms with Gasteiger partial charge in [0.05, 0.1) is 6.54 Å². The second kappa shape index (κ2) is 6.25. The number of benzene rings is 1. The lowest BCUT2D eigenvalue weighted by molar-refractivity contribution is 0.206. The van der Waals surface area contributed by atoms with Crippen LogP contribution in [0.2, 0.25) is 0 Å². The van der Waals surface area contributed by atoms with Crippen LogP contribution in [-0.2, 0) is 10.0 Å². The van der Waals surface area contributed by atoms with Gasteiger partial charge in [-0.2, -0.15) is 4.31 Å². The number of pyridine rings is 1. The third-order valence-electron chi connectivity index (χ3n) is 3.71. The number of halogens is 1. The molecule has 23 heavy (non-hydrogen) atoms. The molecule has 0 saturated carbocycles. The van der Waals surface area contributed by atoms with Gasteiger partial charge < -0.3 is 4.74 Å². The number of hydrogen-bond acceptors (Lipinski definition) is 4. The van der Waals surface area contributed by atoms with E-state index in [4.69, 9.17) is 4.74 Å². The normalized spacial score (nSPS) is 19.0. The second-order valence-electron chi connectivity index (χ2n) is 5.44. The molecular formula is C16H17FN2O3S. The van der Waals surface area contributed by atoms with E-state index in [1.165, 1.54) is 22.5 Å². The molecule has 2 aromatic rings. The number of hydrogen-bond donors (Lipinski definition) is 0. The Labute approximate surface area is 134 Å². The maximum absolute atomic E-state index is 13.8. The maximum atomic E-state index is 13.8. The second-order valence-corrected chi connectivity index (χ2v) is 7.35. The molecule has 1 atom stereocenters. The van der Waals surface area contributed by atoms with Crippen molar-refractivity contribution in [2.24, 2.45) is 0 Å². The van der Waals surface area contributed by atoms with E-state index >= 15 is 0 Å². The largest absolute Gasteiger partial charge is 0.473 e. The van der Waals surface area contributed by atoms with Crippen LogP contribution >= 0.6 is 0 Å². The van der Waals surface area contributed by atoms with E-state index < -0.39 is 15.8 Å². The van der Waals surface area contributed by atoms with E-state index in [2.05, 4.69) is 4.98 Å². The topological polar surface area (TPSA) is 59.5 Å². The van der Waals surface area contributed by atoms with Gasteiger partial charge in [0, 0.05) is 18.3 Å². The van der Waals surface area contributed by atoms with Gasteiger partial charge in [0.25, 0.3) is 0 Å². The Kier molecular flexibility index (Phi) is 4.32. The first-order chi connectivity index (χ1) is 11.0. The van der Waals surface area contributed by atoms with Crippen molar-refractivity contribution in [2.45, 2.75) is 24.3 Å². The lowest BCUT2D eigenvalue weighted by atomic mass is 10.3. The molecule has 1 aliphatic heterocycles. The fraction of sp³-hybridized carbons (Fsp3) is 0.312. The molecule has 0 aliphatic carbocycles. The first-order valence-electron chi connectivity index (χ1n) is 7.32. The summed E-state index contributed by atoms with van der Waals surface area (Å²) in [6, 6.07) is 10.8. The van der Waals surface area contributed by atoms with Crippen LogP contribution in [0.15, 0.2) is 47.4 Å². The Hall–Kier alpha value is -1.99. The highest BCUT2D eigenvalue weighted by Crippen LogP contribution is 2.25. The van der Waals surface area contributed by atoms with Crippen LogP contribution in [0.4, 0.5) is 4.39 Å². The molecule has 1 aliphatic rings. The van der Waals surface area contributed by atoms with Crippen molar-refractivity contribution < 1.29 is 17.5 Å². The van der Waals surface area contributed by atoms with E-state index in [9.17, 15) is 12.8 Å². The van der Waals surface area contributed by atoms with Crippen LogP contribution in [0.5, 0.6) is 5.88 Å². The molecule has 0 spiro atoms. The minimum atomic E-state index is -3.84. The Morgan fingerprint density at radius 2 is 2.00 bits per heavy atom. The van der Waals surface area contributed by atoms with Crippen LogP contribution < -0.4 is 4.74 Å². The fourth-order valence-electron chi connectivity index (χ4n) is 2.56. The average Bonchev–Trinajstić information content (AvgIpc) is 2.97. The Morgan fingerprint density at radius 3 is 2.74 bits per heavy atom. The molecule has 1 fully saturated rings. The summed E-state index contributed by atoms with van der Waals surface area (Å²) < 4.78 is 45.8. The van der Waals surface area contributed by atoms with Crippen molar-refractivity contribution >= 4 is 10.0 Å². The molecule has 0 radical (unpaired) electrons. The van der Waals surface area contributed by atoms with E-state index in [1.54, 1.807) is 6.07 Å². The first-order valence-corrected chi connectivity index (χ1v) is 8.76. The van der Waals surface area contributed by atoms with Crippen LogP contribution in [0.1, 0.15) is 12.1 Å². The molecule has 0 bridgehead atoms. The number of ether oxygens (including phenoxy) is 1. The molecule has 1 aromatic carbocycles. The lowest BCUT2D eigenvalue weighted by Crippen LogP contribution is -2.31. The molecule has 2 heterocycles. The summed E-state index contributed by atoms with van der Waals surface area (Å²) in [6.07, 6.45) is 0.259. The zero-order valence-electron chi connectivity index (χ0n) is 12.6. The summed E-state index contributed by atoms with van der Waals surface area (Å²) in [5.74, 6) is -0.266. The standard InChI is InChI=1S/C16H17FN2O3S/c1-12-5-4-8-16(18-12)22-13-9-10-19(11-13)23(20,21)15-7-3-2-6-14(15)17/h2-8,13H,9-11H2,1H3. The molecule has 5 nitrogen and oxygen atoms in total. The van der Waals surface area contributed by atoms with Crippen molar-refractivity contribution in [1.82, 2.24) is 9.29 Å². The van der Waals surface area contributed by atoms with E-state index in [1.807, 2.05) is 19.1 Å². The SMILES string of the molecule is Cc1cccc(OC2CCN(S(=O)(=O)c3ccccc3F)C2)n1. The summed E-state index contributed by atoms with van der Waals surface area (Å²) in [6.45, 7) is 2.34. The summed E-state index contributed by atoms with van der Waals surface area (Å²) in [7, 11) is -3.84. The average molecular weight is 336 g/mol. The number of sulfonamides is 1. The Bertz CT molecular complexity index is 810. The summed E-state index contributed by atoms with van der Waals surface area (Å²) in [5, 5.41) is 0. The monoisotopic (exact) mass is 336 g/mol. The van der Waals surface area contributed by atoms with Crippen molar-refractivity contribution in [2.75, 3.05) is 13.1 Å². The van der Waals surface area contributed by atoms with Crippen molar-refractivity contribution in [3.05, 3.63) is 54.0 Å². The molecule has 122 valence electrons. The van der Waals surface area contributed by atoms with Gasteiger partial charge >= 0.3 is 0 Å². The first kappa shape index (κ1) is 15.9. The minimum absolute atomic E-state index is 0.187. The van der Waals surface area contributed by atoms with Gasteiger partial charge in [0.1, 0.15) is 16.8 Å². The van der Waals surface area contributed by atoms with Crippen LogP contribution in [-0.4, -0.2) is 36.9 Å². The van der Waals surface area contributed by atoms with Crippen LogP contribution in [0, 0.1) is 12.7 Å². The molecule has 1 aromatic heterocycles. The number of aryl methyl sites for hydroxylation is 1. The zero-order valence-corrected chi connectivity index (χ0v) is 13.5. The van der Waals surface area contributed by atoms with Crippen LogP contribution in [0.25, 0.3) is 0 Å². The number of rotatable bonds is 4. The van der Waals surface area contributed by atoms with Crippen LogP contribution in [0.3, 0.4) is 0 Å². The predicted molar refractivity (Wildman–Crippen MR) is 83.2 cm³/mol. The quantitative estimate of drug-likeness (QED) is 0.860. The van der Waals surface area contributed by atoms with Gasteiger partial charge in [-0.25, -0.2) is 17.8 Å².